The van der Waals surface area contributed by atoms with E-state index in [0.717, 1.165) is 83.4 Å². The van der Waals surface area contributed by atoms with Crippen LogP contribution in [0.1, 0.15) is 88.2 Å². The monoisotopic (exact) mass is 506 g/mol. The highest BCUT2D eigenvalue weighted by atomic mass is 19.4. The van der Waals surface area contributed by atoms with Crippen molar-refractivity contribution in [2.45, 2.75) is 101 Å². The van der Waals surface area contributed by atoms with Crippen LogP contribution in [0.4, 0.5) is 13.2 Å². The molecule has 0 bridgehead atoms. The van der Waals surface area contributed by atoms with E-state index in [-0.39, 0.29) is 23.8 Å². The van der Waals surface area contributed by atoms with Crippen molar-refractivity contribution in [2.75, 3.05) is 13.1 Å². The molecular formula is C29H41F3N2O2. The average Bonchev–Trinajstić information content (AvgIpc) is 3.45. The van der Waals surface area contributed by atoms with E-state index < -0.39 is 17.3 Å². The number of carbonyl (C=O) groups is 1. The highest BCUT2D eigenvalue weighted by Gasteiger charge is 2.52. The number of likely N-dealkylation sites (tertiary alicyclic amines) is 1. The number of aliphatic hydroxyl groups is 1. The summed E-state index contributed by atoms with van der Waals surface area (Å²) in [5.41, 5.74) is -1.20. The number of nitrogens with zero attached hydrogens (tertiary/aromatic N) is 1. The minimum absolute atomic E-state index is 0.0349. The Morgan fingerprint density at radius 3 is 2.17 bits per heavy atom. The molecule has 4 nitrogen and oxygen atoms in total. The molecule has 1 saturated heterocycles. The van der Waals surface area contributed by atoms with Crippen molar-refractivity contribution >= 4 is 5.91 Å². The zero-order valence-corrected chi connectivity index (χ0v) is 21.2. The van der Waals surface area contributed by atoms with Gasteiger partial charge in [-0.25, -0.2) is 0 Å². The molecule has 0 spiro atoms. The first-order valence-electron chi connectivity index (χ1n) is 14.2. The second-order valence-corrected chi connectivity index (χ2v) is 12.0. The summed E-state index contributed by atoms with van der Waals surface area (Å²) in [5, 5.41) is 15.4. The molecule has 3 saturated carbocycles. The number of fused-ring (bicyclic) bond motifs is 1. The maximum Gasteiger partial charge on any atom is 0.416 e. The summed E-state index contributed by atoms with van der Waals surface area (Å²) in [4.78, 5) is 16.1. The van der Waals surface area contributed by atoms with E-state index in [1.54, 1.807) is 6.07 Å². The van der Waals surface area contributed by atoms with Gasteiger partial charge in [-0.15, -0.1) is 0 Å². The molecule has 0 aromatic heterocycles. The molecule has 2 N–H and O–H groups in total. The van der Waals surface area contributed by atoms with Crippen LogP contribution in [0, 0.1) is 23.7 Å². The molecule has 1 aliphatic heterocycles. The highest BCUT2D eigenvalue weighted by Crippen LogP contribution is 2.44. The molecule has 0 radical (unpaired) electrons. The summed E-state index contributed by atoms with van der Waals surface area (Å²) in [5.74, 6) is 0.684. The molecule has 0 unspecified atom stereocenters. The smallest absolute Gasteiger partial charge is 0.379 e. The van der Waals surface area contributed by atoms with Gasteiger partial charge in [0.15, 0.2) is 0 Å². The Kier molecular flexibility index (Phi) is 7.69. The van der Waals surface area contributed by atoms with Gasteiger partial charge in [-0.2, -0.15) is 13.2 Å². The summed E-state index contributed by atoms with van der Waals surface area (Å²) < 4.78 is 39.4. The fourth-order valence-electron chi connectivity index (χ4n) is 7.84. The van der Waals surface area contributed by atoms with Crippen LogP contribution < -0.4 is 5.32 Å². The number of halogens is 3. The first-order chi connectivity index (χ1) is 17.2. The molecular weight excluding hydrogens is 465 g/mol. The molecule has 5 rings (SSSR count). The molecule has 200 valence electrons. The number of hydrogen-bond acceptors (Lipinski definition) is 3. The Balaban J connectivity index is 1.25. The van der Waals surface area contributed by atoms with Crippen molar-refractivity contribution in [3.63, 3.8) is 0 Å². The molecule has 1 aromatic rings. The van der Waals surface area contributed by atoms with E-state index in [2.05, 4.69) is 10.2 Å². The van der Waals surface area contributed by atoms with Crippen molar-refractivity contribution in [1.82, 2.24) is 10.2 Å². The Morgan fingerprint density at radius 2 is 1.56 bits per heavy atom. The lowest BCUT2D eigenvalue weighted by Gasteiger charge is -2.44. The molecule has 1 amide bonds. The van der Waals surface area contributed by atoms with E-state index in [1.807, 2.05) is 0 Å². The van der Waals surface area contributed by atoms with Gasteiger partial charge in [0.25, 0.3) is 5.91 Å². The third-order valence-electron chi connectivity index (χ3n) is 9.73. The van der Waals surface area contributed by atoms with Crippen LogP contribution >= 0.6 is 0 Å². The fourth-order valence-corrected chi connectivity index (χ4v) is 7.84. The average molecular weight is 507 g/mol. The first-order valence-corrected chi connectivity index (χ1v) is 14.2. The minimum atomic E-state index is -4.33. The Hall–Kier alpha value is -1.60. The lowest BCUT2D eigenvalue weighted by atomic mass is 9.65. The summed E-state index contributed by atoms with van der Waals surface area (Å²) in [6, 6.07) is 5.65. The summed E-state index contributed by atoms with van der Waals surface area (Å²) in [6.07, 6.45) is 8.06. The molecule has 3 atom stereocenters. The number of carbonyl (C=O) groups excluding carboxylic acids is 1. The Bertz CT molecular complexity index is 890. The second-order valence-electron chi connectivity index (χ2n) is 12.0. The van der Waals surface area contributed by atoms with Crippen LogP contribution in [-0.2, 0) is 17.5 Å². The predicted octanol–water partition coefficient (Wildman–Crippen LogP) is 5.92. The van der Waals surface area contributed by atoms with Gasteiger partial charge in [-0.1, -0.05) is 56.7 Å². The zero-order chi connectivity index (χ0) is 25.3. The quantitative estimate of drug-likeness (QED) is 0.503. The van der Waals surface area contributed by atoms with Crippen molar-refractivity contribution in [3.05, 3.63) is 35.4 Å². The third kappa shape index (κ3) is 5.33. The fraction of sp³-hybridized carbons (Fsp3) is 0.759. The van der Waals surface area contributed by atoms with Gasteiger partial charge in [0.2, 0.25) is 0 Å². The molecule has 3 aliphatic carbocycles. The van der Waals surface area contributed by atoms with E-state index >= 15 is 0 Å². The van der Waals surface area contributed by atoms with Crippen molar-refractivity contribution in [2.24, 2.45) is 23.7 Å². The molecule has 4 fully saturated rings. The van der Waals surface area contributed by atoms with Gasteiger partial charge in [-0.3, -0.25) is 9.69 Å². The molecule has 7 heteroatoms. The van der Waals surface area contributed by atoms with Crippen LogP contribution in [0.3, 0.4) is 0 Å². The van der Waals surface area contributed by atoms with Gasteiger partial charge < -0.3 is 10.4 Å². The summed E-state index contributed by atoms with van der Waals surface area (Å²) in [7, 11) is 0. The van der Waals surface area contributed by atoms with Crippen molar-refractivity contribution in [1.29, 1.82) is 0 Å². The minimum Gasteiger partial charge on any atom is -0.379 e. The van der Waals surface area contributed by atoms with Crippen LogP contribution in [-0.4, -0.2) is 40.6 Å². The van der Waals surface area contributed by atoms with Gasteiger partial charge >= 0.3 is 6.18 Å². The first kappa shape index (κ1) is 26.0. The third-order valence-corrected chi connectivity index (χ3v) is 9.73. The van der Waals surface area contributed by atoms with Gasteiger partial charge in [0, 0.05) is 25.7 Å². The number of hydrogen-bond donors (Lipinski definition) is 2. The van der Waals surface area contributed by atoms with Gasteiger partial charge in [-0.05, 0) is 73.8 Å². The number of nitrogens with one attached hydrogen (secondary N) is 1. The number of amides is 1. The molecule has 1 heterocycles. The van der Waals surface area contributed by atoms with E-state index in [9.17, 15) is 23.1 Å². The van der Waals surface area contributed by atoms with Crippen LogP contribution in [0.25, 0.3) is 0 Å². The Labute approximate surface area is 213 Å². The van der Waals surface area contributed by atoms with Crippen molar-refractivity contribution in [3.8, 4) is 0 Å². The standard InChI is InChI=1S/C29H41F3N2O2/c30-29(31,32)24-13-7-8-20(16-24)17-34-18-21-14-15-26(25(21)19-34)33-27(35)28(36,22-9-3-1-4-10-22)23-11-5-2-6-12-23/h7-8,13,16,21-23,25-26,36H,1-6,9-12,14-15,17-19H2,(H,33,35)/t21-,25+,26+/m0/s1. The topological polar surface area (TPSA) is 52.6 Å². The van der Waals surface area contributed by atoms with E-state index in [4.69, 9.17) is 0 Å². The largest absolute Gasteiger partial charge is 0.416 e. The van der Waals surface area contributed by atoms with E-state index in [0.29, 0.717) is 23.9 Å². The number of rotatable bonds is 6. The number of benzene rings is 1. The summed E-state index contributed by atoms with van der Waals surface area (Å²) >= 11 is 0. The summed E-state index contributed by atoms with van der Waals surface area (Å²) in [6.45, 7) is 2.12. The van der Waals surface area contributed by atoms with Crippen LogP contribution in [0.5, 0.6) is 0 Å². The maximum absolute atomic E-state index is 13.8. The normalized spacial score (nSPS) is 28.8. The van der Waals surface area contributed by atoms with E-state index in [1.165, 1.54) is 25.0 Å². The Morgan fingerprint density at radius 1 is 0.917 bits per heavy atom. The van der Waals surface area contributed by atoms with Crippen molar-refractivity contribution < 1.29 is 23.1 Å². The number of alkyl halides is 3. The highest BCUT2D eigenvalue weighted by molar-refractivity contribution is 5.86. The lowest BCUT2D eigenvalue weighted by Crippen LogP contribution is -2.60. The lowest BCUT2D eigenvalue weighted by molar-refractivity contribution is -0.160. The molecule has 1 aromatic carbocycles. The maximum atomic E-state index is 13.8. The SMILES string of the molecule is O=C(N[C@@H]1CC[C@H]2CN(Cc3cccc(C(F)(F)F)c3)C[C@H]21)C(O)(C1CCCCC1)C1CCCCC1. The second kappa shape index (κ2) is 10.6. The van der Waals surface area contributed by atoms with Crippen LogP contribution in [0.15, 0.2) is 24.3 Å². The molecule has 36 heavy (non-hydrogen) atoms. The van der Waals surface area contributed by atoms with Gasteiger partial charge in [0.05, 0.1) is 5.56 Å². The predicted molar refractivity (Wildman–Crippen MR) is 133 cm³/mol. The van der Waals surface area contributed by atoms with Crippen LogP contribution in [0.2, 0.25) is 0 Å². The van der Waals surface area contributed by atoms with Gasteiger partial charge in [0.1, 0.15) is 5.60 Å². The molecule has 4 aliphatic rings. The zero-order valence-electron chi connectivity index (χ0n) is 21.2.